The van der Waals surface area contributed by atoms with Gasteiger partial charge in [0.2, 0.25) is 0 Å². The van der Waals surface area contributed by atoms with Crippen molar-refractivity contribution in [1.82, 2.24) is 0 Å². The minimum atomic E-state index is -0.264. The molecule has 2 heteroatoms. The van der Waals surface area contributed by atoms with Crippen LogP contribution in [0.3, 0.4) is 0 Å². The molecule has 0 spiro atoms. The van der Waals surface area contributed by atoms with Gasteiger partial charge in [-0.1, -0.05) is 19.1 Å². The van der Waals surface area contributed by atoms with E-state index in [1.807, 2.05) is 24.3 Å². The van der Waals surface area contributed by atoms with Crippen LogP contribution in [0.2, 0.25) is 0 Å². The summed E-state index contributed by atoms with van der Waals surface area (Å²) in [5.74, 6) is 1.25. The van der Waals surface area contributed by atoms with Crippen molar-refractivity contribution < 1.29 is 9.53 Å². The van der Waals surface area contributed by atoms with Crippen LogP contribution in [-0.2, 0) is 4.74 Å². The summed E-state index contributed by atoms with van der Waals surface area (Å²) in [6.45, 7) is 2.25. The molecule has 0 saturated heterocycles. The molecular weight excluding hydrogens is 176 g/mol. The topological polar surface area (TPSA) is 26.3 Å². The minimum Gasteiger partial charge on any atom is -0.465 e. The first-order valence-electron chi connectivity index (χ1n) is 4.90. The molecule has 0 amide bonds. The second-order valence-corrected chi connectivity index (χ2v) is 3.93. The van der Waals surface area contributed by atoms with Crippen LogP contribution in [0.15, 0.2) is 24.3 Å². The maximum Gasteiger partial charge on any atom is 0.337 e. The molecule has 2 nitrogen and oxygen atoms in total. The summed E-state index contributed by atoms with van der Waals surface area (Å²) in [7, 11) is 1.40. The lowest BCUT2D eigenvalue weighted by Crippen LogP contribution is -2.00. The molecule has 0 aliphatic heterocycles. The van der Waals surface area contributed by atoms with E-state index >= 15 is 0 Å². The van der Waals surface area contributed by atoms with E-state index in [2.05, 4.69) is 11.7 Å². The number of methoxy groups -OCH3 is 1. The van der Waals surface area contributed by atoms with Crippen molar-refractivity contribution in [2.45, 2.75) is 19.3 Å². The van der Waals surface area contributed by atoms with Crippen LogP contribution >= 0.6 is 0 Å². The Kier molecular flexibility index (Phi) is 2.28. The third-order valence-electron chi connectivity index (χ3n) is 2.87. The van der Waals surface area contributed by atoms with Gasteiger partial charge in [-0.15, -0.1) is 0 Å². The van der Waals surface area contributed by atoms with Gasteiger partial charge < -0.3 is 4.74 Å². The second-order valence-electron chi connectivity index (χ2n) is 3.93. The number of benzene rings is 1. The Bertz CT molecular complexity index is 340. The summed E-state index contributed by atoms with van der Waals surface area (Å²) in [4.78, 5) is 11.2. The number of ether oxygens (including phenoxy) is 1. The van der Waals surface area contributed by atoms with Crippen LogP contribution in [0.5, 0.6) is 0 Å². The summed E-state index contributed by atoms with van der Waals surface area (Å²) >= 11 is 0. The minimum absolute atomic E-state index is 0.264. The van der Waals surface area contributed by atoms with E-state index < -0.39 is 0 Å². The number of hydrogen-bond acceptors (Lipinski definition) is 2. The molecule has 2 atom stereocenters. The van der Waals surface area contributed by atoms with Gasteiger partial charge in [0.15, 0.2) is 0 Å². The zero-order chi connectivity index (χ0) is 10.1. The van der Waals surface area contributed by atoms with E-state index in [0.29, 0.717) is 11.5 Å². The van der Waals surface area contributed by atoms with Gasteiger partial charge in [-0.2, -0.15) is 0 Å². The highest BCUT2D eigenvalue weighted by molar-refractivity contribution is 5.89. The molecule has 0 bridgehead atoms. The number of esters is 1. The van der Waals surface area contributed by atoms with Gasteiger partial charge in [-0.05, 0) is 36.0 Å². The number of hydrogen-bond donors (Lipinski definition) is 0. The number of rotatable bonds is 2. The third kappa shape index (κ3) is 1.65. The van der Waals surface area contributed by atoms with E-state index in [9.17, 15) is 4.79 Å². The van der Waals surface area contributed by atoms with Crippen molar-refractivity contribution in [3.63, 3.8) is 0 Å². The van der Waals surface area contributed by atoms with E-state index in [1.54, 1.807) is 0 Å². The largest absolute Gasteiger partial charge is 0.465 e. The quantitative estimate of drug-likeness (QED) is 0.670. The van der Waals surface area contributed by atoms with E-state index in [4.69, 9.17) is 0 Å². The zero-order valence-electron chi connectivity index (χ0n) is 8.49. The van der Waals surface area contributed by atoms with Crippen LogP contribution in [0.25, 0.3) is 0 Å². The first-order valence-corrected chi connectivity index (χ1v) is 4.90. The molecule has 74 valence electrons. The predicted molar refractivity (Wildman–Crippen MR) is 54.3 cm³/mol. The summed E-state index contributed by atoms with van der Waals surface area (Å²) in [5, 5.41) is 0. The second kappa shape index (κ2) is 3.45. The molecule has 1 aromatic carbocycles. The highest BCUT2D eigenvalue weighted by atomic mass is 16.5. The normalized spacial score (nSPS) is 24.4. The van der Waals surface area contributed by atoms with Gasteiger partial charge >= 0.3 is 5.97 Å². The van der Waals surface area contributed by atoms with Crippen LogP contribution in [0.4, 0.5) is 0 Å². The van der Waals surface area contributed by atoms with Gasteiger partial charge in [-0.3, -0.25) is 0 Å². The maximum absolute atomic E-state index is 11.2. The molecule has 0 unspecified atom stereocenters. The highest BCUT2D eigenvalue weighted by Crippen LogP contribution is 2.46. The molecule has 0 radical (unpaired) electrons. The van der Waals surface area contributed by atoms with Crippen LogP contribution in [0.1, 0.15) is 35.2 Å². The smallest absolute Gasteiger partial charge is 0.337 e. The number of carbonyl (C=O) groups excluding carboxylic acids is 1. The summed E-state index contributed by atoms with van der Waals surface area (Å²) in [5.41, 5.74) is 1.97. The van der Waals surface area contributed by atoms with Gasteiger partial charge in [-0.25, -0.2) is 4.79 Å². The average Bonchev–Trinajstić information content (AvgIpc) is 2.95. The lowest BCUT2D eigenvalue weighted by atomic mass is 10.1. The molecule has 1 fully saturated rings. The Morgan fingerprint density at radius 2 is 1.93 bits per heavy atom. The molecule has 1 aliphatic rings. The molecule has 1 aromatic rings. The van der Waals surface area contributed by atoms with E-state index in [1.165, 1.54) is 19.1 Å². The summed E-state index contributed by atoms with van der Waals surface area (Å²) < 4.78 is 4.63. The van der Waals surface area contributed by atoms with Gasteiger partial charge in [0.05, 0.1) is 12.7 Å². The zero-order valence-corrected chi connectivity index (χ0v) is 8.49. The molecule has 14 heavy (non-hydrogen) atoms. The number of carbonyl (C=O) groups is 1. The molecule has 0 heterocycles. The molecule has 1 aliphatic carbocycles. The molecular formula is C12H14O2. The average molecular weight is 190 g/mol. The summed E-state index contributed by atoms with van der Waals surface area (Å²) in [6.07, 6.45) is 1.28. The first-order chi connectivity index (χ1) is 6.72. The van der Waals surface area contributed by atoms with Crippen molar-refractivity contribution in [3.05, 3.63) is 35.4 Å². The Morgan fingerprint density at radius 1 is 1.36 bits per heavy atom. The summed E-state index contributed by atoms with van der Waals surface area (Å²) in [6, 6.07) is 7.74. The van der Waals surface area contributed by atoms with Crippen molar-refractivity contribution in [1.29, 1.82) is 0 Å². The Labute approximate surface area is 83.9 Å². The van der Waals surface area contributed by atoms with Gasteiger partial charge in [0, 0.05) is 0 Å². The Balaban J connectivity index is 2.14. The fourth-order valence-electron chi connectivity index (χ4n) is 1.77. The highest BCUT2D eigenvalue weighted by Gasteiger charge is 2.33. The van der Waals surface area contributed by atoms with Crippen molar-refractivity contribution in [2.75, 3.05) is 7.11 Å². The van der Waals surface area contributed by atoms with Crippen LogP contribution in [-0.4, -0.2) is 13.1 Å². The molecule has 1 saturated carbocycles. The van der Waals surface area contributed by atoms with Crippen LogP contribution in [0, 0.1) is 5.92 Å². The van der Waals surface area contributed by atoms with E-state index in [-0.39, 0.29) is 5.97 Å². The lowest BCUT2D eigenvalue weighted by molar-refractivity contribution is 0.0600. The van der Waals surface area contributed by atoms with Gasteiger partial charge in [0.25, 0.3) is 0 Å². The maximum atomic E-state index is 11.2. The molecule has 0 N–H and O–H groups in total. The van der Waals surface area contributed by atoms with Crippen molar-refractivity contribution >= 4 is 5.97 Å². The molecule has 0 aromatic heterocycles. The first kappa shape index (κ1) is 9.25. The van der Waals surface area contributed by atoms with Crippen molar-refractivity contribution in [2.24, 2.45) is 5.92 Å². The molecule has 2 rings (SSSR count). The van der Waals surface area contributed by atoms with Gasteiger partial charge in [0.1, 0.15) is 0 Å². The fourth-order valence-corrected chi connectivity index (χ4v) is 1.77. The SMILES string of the molecule is COC(=O)c1ccc([C@H]2C[C@@H]2C)cc1. The van der Waals surface area contributed by atoms with Crippen LogP contribution < -0.4 is 0 Å². The Hall–Kier alpha value is -1.31. The standard InChI is InChI=1S/C12H14O2/c1-8-7-11(8)9-3-5-10(6-4-9)12(13)14-2/h3-6,8,11H,7H2,1-2H3/t8-,11-/m0/s1. The lowest BCUT2D eigenvalue weighted by Gasteiger charge is -2.01. The van der Waals surface area contributed by atoms with Crippen molar-refractivity contribution in [3.8, 4) is 0 Å². The van der Waals surface area contributed by atoms with E-state index in [0.717, 1.165) is 5.92 Å². The monoisotopic (exact) mass is 190 g/mol. The predicted octanol–water partition coefficient (Wildman–Crippen LogP) is 2.60. The third-order valence-corrected chi connectivity index (χ3v) is 2.87. The fraction of sp³-hybridized carbons (Fsp3) is 0.417. The Morgan fingerprint density at radius 3 is 2.36 bits per heavy atom.